The first-order valence-corrected chi connectivity index (χ1v) is 4.23. The topological polar surface area (TPSA) is 83.8 Å². The Bertz CT molecular complexity index is 470. The standard InChI is InChI=1S/C11H8O5/c1-2-5-16-9-6-7(10(12)13)3-4-8(9)11(14)15/h1,3-4,6H,5H2,(H,12,13)(H,14,15). The third-order valence-corrected chi connectivity index (χ3v) is 1.77. The van der Waals surface area contributed by atoms with Crippen molar-refractivity contribution < 1.29 is 24.5 Å². The van der Waals surface area contributed by atoms with Crippen molar-refractivity contribution in [3.8, 4) is 18.1 Å². The van der Waals surface area contributed by atoms with Gasteiger partial charge in [0.15, 0.2) is 0 Å². The Morgan fingerprint density at radius 1 is 1.31 bits per heavy atom. The lowest BCUT2D eigenvalue weighted by molar-refractivity contribution is 0.0677. The first kappa shape index (κ1) is 11.6. The Morgan fingerprint density at radius 2 is 2.00 bits per heavy atom. The van der Waals surface area contributed by atoms with Gasteiger partial charge in [-0.05, 0) is 18.2 Å². The maximum absolute atomic E-state index is 10.8. The van der Waals surface area contributed by atoms with Crippen molar-refractivity contribution in [2.75, 3.05) is 6.61 Å². The fourth-order valence-corrected chi connectivity index (χ4v) is 1.07. The molecule has 0 aliphatic rings. The fourth-order valence-electron chi connectivity index (χ4n) is 1.07. The maximum Gasteiger partial charge on any atom is 0.339 e. The average Bonchev–Trinajstić information content (AvgIpc) is 2.25. The second-order valence-electron chi connectivity index (χ2n) is 2.81. The number of ether oxygens (including phenoxy) is 1. The van der Waals surface area contributed by atoms with E-state index < -0.39 is 11.9 Å². The van der Waals surface area contributed by atoms with E-state index in [1.165, 1.54) is 6.07 Å². The summed E-state index contributed by atoms with van der Waals surface area (Å²) >= 11 is 0. The molecular weight excluding hydrogens is 212 g/mol. The van der Waals surface area contributed by atoms with Crippen LogP contribution in [0.15, 0.2) is 18.2 Å². The van der Waals surface area contributed by atoms with E-state index in [4.69, 9.17) is 21.4 Å². The molecule has 5 nitrogen and oxygen atoms in total. The third kappa shape index (κ3) is 2.51. The molecule has 0 amide bonds. The van der Waals surface area contributed by atoms with E-state index in [1.807, 2.05) is 0 Å². The molecule has 2 N–H and O–H groups in total. The molecule has 82 valence electrons. The monoisotopic (exact) mass is 220 g/mol. The minimum absolute atomic E-state index is 0.0506. The number of carboxylic acids is 2. The van der Waals surface area contributed by atoms with Crippen molar-refractivity contribution in [3.63, 3.8) is 0 Å². The van der Waals surface area contributed by atoms with Crippen molar-refractivity contribution >= 4 is 11.9 Å². The molecule has 16 heavy (non-hydrogen) atoms. The summed E-state index contributed by atoms with van der Waals surface area (Å²) in [6.07, 6.45) is 4.96. The average molecular weight is 220 g/mol. The van der Waals surface area contributed by atoms with Crippen molar-refractivity contribution in [2.45, 2.75) is 0 Å². The van der Waals surface area contributed by atoms with Crippen molar-refractivity contribution in [1.82, 2.24) is 0 Å². The zero-order valence-corrected chi connectivity index (χ0v) is 8.14. The number of rotatable bonds is 4. The van der Waals surface area contributed by atoms with Gasteiger partial charge in [-0.15, -0.1) is 6.42 Å². The minimum Gasteiger partial charge on any atom is -0.480 e. The molecule has 0 aromatic heterocycles. The van der Waals surface area contributed by atoms with E-state index in [2.05, 4.69) is 5.92 Å². The molecule has 1 rings (SSSR count). The van der Waals surface area contributed by atoms with Gasteiger partial charge in [0.25, 0.3) is 0 Å². The quantitative estimate of drug-likeness (QED) is 0.742. The van der Waals surface area contributed by atoms with Gasteiger partial charge in [-0.3, -0.25) is 0 Å². The largest absolute Gasteiger partial charge is 0.480 e. The zero-order chi connectivity index (χ0) is 12.1. The van der Waals surface area contributed by atoms with E-state index >= 15 is 0 Å². The van der Waals surface area contributed by atoms with Crippen molar-refractivity contribution in [2.24, 2.45) is 0 Å². The number of carboxylic acid groups (broad SMARTS) is 2. The van der Waals surface area contributed by atoms with Gasteiger partial charge < -0.3 is 14.9 Å². The molecule has 0 radical (unpaired) electrons. The second-order valence-corrected chi connectivity index (χ2v) is 2.81. The first-order valence-electron chi connectivity index (χ1n) is 4.23. The van der Waals surface area contributed by atoms with Crippen LogP contribution in [0, 0.1) is 12.3 Å². The highest BCUT2D eigenvalue weighted by Crippen LogP contribution is 2.20. The van der Waals surface area contributed by atoms with Crippen LogP contribution in [-0.2, 0) is 0 Å². The summed E-state index contributed by atoms with van der Waals surface area (Å²) in [7, 11) is 0. The highest BCUT2D eigenvalue weighted by atomic mass is 16.5. The van der Waals surface area contributed by atoms with E-state index in [0.29, 0.717) is 0 Å². The van der Waals surface area contributed by atoms with Crippen LogP contribution in [0.2, 0.25) is 0 Å². The SMILES string of the molecule is C#CCOc1cc(C(=O)O)ccc1C(=O)O. The van der Waals surface area contributed by atoms with Gasteiger partial charge in [-0.25, -0.2) is 9.59 Å². The van der Waals surface area contributed by atoms with Gasteiger partial charge >= 0.3 is 11.9 Å². The smallest absolute Gasteiger partial charge is 0.339 e. The zero-order valence-electron chi connectivity index (χ0n) is 8.14. The molecule has 5 heteroatoms. The van der Waals surface area contributed by atoms with E-state index in [9.17, 15) is 9.59 Å². The molecule has 0 saturated carbocycles. The number of hydrogen-bond acceptors (Lipinski definition) is 3. The summed E-state index contributed by atoms with van der Waals surface area (Å²) in [5.41, 5.74) is -0.183. The molecule has 0 unspecified atom stereocenters. The summed E-state index contributed by atoms with van der Waals surface area (Å²) in [4.78, 5) is 21.5. The molecule has 1 aromatic carbocycles. The predicted molar refractivity (Wildman–Crippen MR) is 54.7 cm³/mol. The fraction of sp³-hybridized carbons (Fsp3) is 0.0909. The van der Waals surface area contributed by atoms with Crippen LogP contribution in [0.1, 0.15) is 20.7 Å². The van der Waals surface area contributed by atoms with Crippen LogP contribution < -0.4 is 4.74 Å². The van der Waals surface area contributed by atoms with E-state index in [0.717, 1.165) is 12.1 Å². The first-order chi connectivity index (χ1) is 7.56. The molecule has 0 aliphatic heterocycles. The van der Waals surface area contributed by atoms with E-state index in [1.54, 1.807) is 0 Å². The van der Waals surface area contributed by atoms with Gasteiger partial charge in [0.1, 0.15) is 17.9 Å². The van der Waals surface area contributed by atoms with Crippen LogP contribution in [0.25, 0.3) is 0 Å². The summed E-state index contributed by atoms with van der Waals surface area (Å²) in [5, 5.41) is 17.5. The van der Waals surface area contributed by atoms with E-state index in [-0.39, 0.29) is 23.5 Å². The van der Waals surface area contributed by atoms with Gasteiger partial charge in [0, 0.05) is 0 Å². The van der Waals surface area contributed by atoms with Crippen LogP contribution >= 0.6 is 0 Å². The molecule has 0 aliphatic carbocycles. The summed E-state index contributed by atoms with van der Waals surface area (Å²) in [6.45, 7) is -0.122. The molecule has 0 bridgehead atoms. The summed E-state index contributed by atoms with van der Waals surface area (Å²) in [6, 6.07) is 3.48. The van der Waals surface area contributed by atoms with Crippen molar-refractivity contribution in [1.29, 1.82) is 0 Å². The van der Waals surface area contributed by atoms with Crippen molar-refractivity contribution in [3.05, 3.63) is 29.3 Å². The molecule has 0 saturated heterocycles. The van der Waals surface area contributed by atoms with Gasteiger partial charge in [-0.2, -0.15) is 0 Å². The van der Waals surface area contributed by atoms with Crippen LogP contribution in [-0.4, -0.2) is 28.8 Å². The number of aromatic carboxylic acids is 2. The lowest BCUT2D eigenvalue weighted by Gasteiger charge is -2.07. The third-order valence-electron chi connectivity index (χ3n) is 1.77. The molecular formula is C11H8O5. The molecule has 0 fully saturated rings. The normalized spacial score (nSPS) is 9.19. The lowest BCUT2D eigenvalue weighted by Crippen LogP contribution is -2.06. The Morgan fingerprint density at radius 3 is 2.50 bits per heavy atom. The summed E-state index contributed by atoms with van der Waals surface area (Å²) in [5.74, 6) is -0.251. The number of benzene rings is 1. The van der Waals surface area contributed by atoms with Crippen LogP contribution in [0.3, 0.4) is 0 Å². The Hall–Kier alpha value is -2.48. The maximum atomic E-state index is 10.8. The summed E-state index contributed by atoms with van der Waals surface area (Å²) < 4.78 is 4.96. The van der Waals surface area contributed by atoms with Crippen LogP contribution in [0.4, 0.5) is 0 Å². The Kier molecular flexibility index (Phi) is 3.51. The molecule has 1 aromatic rings. The Balaban J connectivity index is 3.16. The number of hydrogen-bond donors (Lipinski definition) is 2. The Labute approximate surface area is 91.3 Å². The highest BCUT2D eigenvalue weighted by Gasteiger charge is 2.14. The highest BCUT2D eigenvalue weighted by molar-refractivity contribution is 5.94. The van der Waals surface area contributed by atoms with Gasteiger partial charge in [-0.1, -0.05) is 5.92 Å². The lowest BCUT2D eigenvalue weighted by atomic mass is 10.1. The van der Waals surface area contributed by atoms with Gasteiger partial charge in [0.2, 0.25) is 0 Å². The predicted octanol–water partition coefficient (Wildman–Crippen LogP) is 1.09. The molecule has 0 spiro atoms. The van der Waals surface area contributed by atoms with Crippen LogP contribution in [0.5, 0.6) is 5.75 Å². The number of terminal acetylenes is 1. The van der Waals surface area contributed by atoms with Gasteiger partial charge in [0.05, 0.1) is 5.56 Å². The minimum atomic E-state index is -1.20. The molecule has 0 heterocycles. The molecule has 0 atom stereocenters. The number of carbonyl (C=O) groups is 2. The second kappa shape index (κ2) is 4.84.